The second kappa shape index (κ2) is 9.76. The van der Waals surface area contributed by atoms with Crippen molar-refractivity contribution in [1.29, 1.82) is 0 Å². The number of rotatable bonds is 8. The molecule has 1 fully saturated rings. The Labute approximate surface area is 154 Å². The van der Waals surface area contributed by atoms with Crippen molar-refractivity contribution >= 4 is 0 Å². The van der Waals surface area contributed by atoms with Crippen LogP contribution in [0, 0.1) is 11.6 Å². The number of halogens is 2. The number of hydrogen-bond donors (Lipinski definition) is 1. The maximum Gasteiger partial charge on any atom is 0.127 e. The van der Waals surface area contributed by atoms with Crippen LogP contribution in [0.15, 0.2) is 48.5 Å². The molecule has 1 aliphatic heterocycles. The van der Waals surface area contributed by atoms with Crippen LogP contribution in [-0.4, -0.2) is 50.8 Å². The predicted octanol–water partition coefficient (Wildman–Crippen LogP) is 3.41. The molecule has 0 atom stereocenters. The number of morpholine rings is 1. The van der Waals surface area contributed by atoms with Crippen molar-refractivity contribution in [3.8, 4) is 0 Å². The molecule has 1 saturated heterocycles. The molecule has 0 spiro atoms. The van der Waals surface area contributed by atoms with Crippen LogP contribution in [0.25, 0.3) is 0 Å². The quantitative estimate of drug-likeness (QED) is 0.730. The smallest absolute Gasteiger partial charge is 0.127 e. The van der Waals surface area contributed by atoms with Crippen LogP contribution in [0.3, 0.4) is 0 Å². The van der Waals surface area contributed by atoms with Crippen molar-refractivity contribution in [3.05, 3.63) is 71.3 Å². The normalized spacial score (nSPS) is 15.5. The van der Waals surface area contributed by atoms with E-state index in [-0.39, 0.29) is 17.6 Å². The van der Waals surface area contributed by atoms with Gasteiger partial charge in [-0.1, -0.05) is 36.4 Å². The first-order chi connectivity index (χ1) is 12.8. The fraction of sp³-hybridized carbons (Fsp3) is 0.429. The molecule has 1 N–H and O–H groups in total. The van der Waals surface area contributed by atoms with Crippen molar-refractivity contribution in [1.82, 2.24) is 10.2 Å². The SMILES string of the molecule is Fc1ccccc1C(CCNCCN1CCOCC1)c1ccccc1F. The standard InChI is InChI=1S/C21H26F2N2O/c22-20-7-3-1-5-18(20)17(19-6-2-4-8-21(19)23)9-10-24-11-12-25-13-15-26-16-14-25/h1-8,17,24H,9-16H2. The van der Waals surface area contributed by atoms with Crippen LogP contribution >= 0.6 is 0 Å². The van der Waals surface area contributed by atoms with Gasteiger partial charge in [-0.2, -0.15) is 0 Å². The highest BCUT2D eigenvalue weighted by Gasteiger charge is 2.20. The fourth-order valence-electron chi connectivity index (χ4n) is 3.43. The largest absolute Gasteiger partial charge is 0.379 e. The van der Waals surface area contributed by atoms with E-state index < -0.39 is 0 Å². The maximum absolute atomic E-state index is 14.3. The summed E-state index contributed by atoms with van der Waals surface area (Å²) in [7, 11) is 0. The van der Waals surface area contributed by atoms with Gasteiger partial charge in [0, 0.05) is 32.1 Å². The Morgan fingerprint density at radius 3 is 2.04 bits per heavy atom. The van der Waals surface area contributed by atoms with Crippen molar-refractivity contribution < 1.29 is 13.5 Å². The minimum Gasteiger partial charge on any atom is -0.379 e. The van der Waals surface area contributed by atoms with E-state index in [9.17, 15) is 8.78 Å². The molecule has 3 rings (SSSR count). The van der Waals surface area contributed by atoms with Gasteiger partial charge >= 0.3 is 0 Å². The highest BCUT2D eigenvalue weighted by atomic mass is 19.1. The monoisotopic (exact) mass is 360 g/mol. The Morgan fingerprint density at radius 2 is 1.46 bits per heavy atom. The fourth-order valence-corrected chi connectivity index (χ4v) is 3.43. The topological polar surface area (TPSA) is 24.5 Å². The second-order valence-corrected chi connectivity index (χ2v) is 6.59. The Balaban J connectivity index is 1.59. The van der Waals surface area contributed by atoms with Crippen molar-refractivity contribution in [2.45, 2.75) is 12.3 Å². The van der Waals surface area contributed by atoms with Crippen LogP contribution < -0.4 is 5.32 Å². The van der Waals surface area contributed by atoms with Gasteiger partial charge in [0.05, 0.1) is 13.2 Å². The minimum absolute atomic E-state index is 0.283. The summed E-state index contributed by atoms with van der Waals surface area (Å²) >= 11 is 0. The number of benzene rings is 2. The molecule has 0 aromatic heterocycles. The summed E-state index contributed by atoms with van der Waals surface area (Å²) < 4.78 is 34.0. The first kappa shape index (κ1) is 19.0. The van der Waals surface area contributed by atoms with Gasteiger partial charge in [-0.05, 0) is 36.2 Å². The molecule has 0 aliphatic carbocycles. The average molecular weight is 360 g/mol. The summed E-state index contributed by atoms with van der Waals surface area (Å²) in [5, 5.41) is 3.41. The lowest BCUT2D eigenvalue weighted by Crippen LogP contribution is -2.40. The van der Waals surface area contributed by atoms with Crippen molar-refractivity contribution in [2.75, 3.05) is 45.9 Å². The van der Waals surface area contributed by atoms with Gasteiger partial charge in [-0.15, -0.1) is 0 Å². The summed E-state index contributed by atoms with van der Waals surface area (Å²) in [5.74, 6) is -0.864. The summed E-state index contributed by atoms with van der Waals surface area (Å²) in [6.07, 6.45) is 0.644. The zero-order chi connectivity index (χ0) is 18.2. The van der Waals surface area contributed by atoms with E-state index in [0.29, 0.717) is 24.1 Å². The molecule has 26 heavy (non-hydrogen) atoms. The average Bonchev–Trinajstić information content (AvgIpc) is 2.67. The first-order valence-corrected chi connectivity index (χ1v) is 9.25. The molecule has 140 valence electrons. The molecule has 1 aliphatic rings. The second-order valence-electron chi connectivity index (χ2n) is 6.59. The first-order valence-electron chi connectivity index (χ1n) is 9.25. The summed E-state index contributed by atoms with van der Waals surface area (Å²) in [4.78, 5) is 2.36. The van der Waals surface area contributed by atoms with E-state index in [4.69, 9.17) is 4.74 Å². The van der Waals surface area contributed by atoms with E-state index in [1.165, 1.54) is 12.1 Å². The Hall–Kier alpha value is -1.82. The summed E-state index contributed by atoms with van der Waals surface area (Å²) in [6.45, 7) is 6.06. The Morgan fingerprint density at radius 1 is 0.885 bits per heavy atom. The number of nitrogens with zero attached hydrogens (tertiary/aromatic N) is 1. The van der Waals surface area contributed by atoms with Crippen LogP contribution in [0.4, 0.5) is 8.78 Å². The summed E-state index contributed by atoms with van der Waals surface area (Å²) in [5.41, 5.74) is 1.10. The maximum atomic E-state index is 14.3. The minimum atomic E-state index is -0.298. The van der Waals surface area contributed by atoms with Crippen LogP contribution in [0.2, 0.25) is 0 Å². The highest BCUT2D eigenvalue weighted by molar-refractivity contribution is 5.34. The lowest BCUT2D eigenvalue weighted by Gasteiger charge is -2.26. The van der Waals surface area contributed by atoms with Gasteiger partial charge in [0.25, 0.3) is 0 Å². The molecule has 1 heterocycles. The molecule has 0 bridgehead atoms. The van der Waals surface area contributed by atoms with E-state index in [2.05, 4.69) is 10.2 Å². The predicted molar refractivity (Wildman–Crippen MR) is 99.4 cm³/mol. The molecule has 5 heteroatoms. The summed E-state index contributed by atoms with van der Waals surface area (Å²) in [6, 6.07) is 13.3. The van der Waals surface area contributed by atoms with Gasteiger partial charge in [-0.3, -0.25) is 4.90 Å². The van der Waals surface area contributed by atoms with Gasteiger partial charge in [-0.25, -0.2) is 8.78 Å². The molecular weight excluding hydrogens is 334 g/mol. The van der Waals surface area contributed by atoms with E-state index >= 15 is 0 Å². The molecule has 0 saturated carbocycles. The van der Waals surface area contributed by atoms with Crippen molar-refractivity contribution in [2.24, 2.45) is 0 Å². The van der Waals surface area contributed by atoms with E-state index in [1.807, 2.05) is 0 Å². The lowest BCUT2D eigenvalue weighted by atomic mass is 9.88. The van der Waals surface area contributed by atoms with Crippen LogP contribution in [0.1, 0.15) is 23.5 Å². The van der Waals surface area contributed by atoms with E-state index in [1.54, 1.807) is 36.4 Å². The number of nitrogens with one attached hydrogen (secondary N) is 1. The van der Waals surface area contributed by atoms with Gasteiger partial charge in [0.2, 0.25) is 0 Å². The third-order valence-electron chi connectivity index (χ3n) is 4.88. The molecule has 3 nitrogen and oxygen atoms in total. The third-order valence-corrected chi connectivity index (χ3v) is 4.88. The molecule has 2 aromatic carbocycles. The zero-order valence-electron chi connectivity index (χ0n) is 15.0. The van der Waals surface area contributed by atoms with Gasteiger partial charge in [0.15, 0.2) is 0 Å². The number of hydrogen-bond acceptors (Lipinski definition) is 3. The number of ether oxygens (including phenoxy) is 1. The van der Waals surface area contributed by atoms with Crippen LogP contribution in [0.5, 0.6) is 0 Å². The Bertz CT molecular complexity index is 644. The highest BCUT2D eigenvalue weighted by Crippen LogP contribution is 2.31. The van der Waals surface area contributed by atoms with Gasteiger partial charge < -0.3 is 10.1 Å². The molecule has 0 radical (unpaired) electrons. The van der Waals surface area contributed by atoms with E-state index in [0.717, 1.165) is 39.4 Å². The Kier molecular flexibility index (Phi) is 7.12. The zero-order valence-corrected chi connectivity index (χ0v) is 15.0. The molecule has 0 unspecified atom stereocenters. The van der Waals surface area contributed by atoms with Crippen molar-refractivity contribution in [3.63, 3.8) is 0 Å². The lowest BCUT2D eigenvalue weighted by molar-refractivity contribution is 0.0384. The molecule has 0 amide bonds. The molecule has 2 aromatic rings. The third kappa shape index (κ3) is 5.10. The molecular formula is C21H26F2N2O. The van der Waals surface area contributed by atoms with Crippen LogP contribution in [-0.2, 0) is 4.74 Å². The van der Waals surface area contributed by atoms with Gasteiger partial charge in [0.1, 0.15) is 11.6 Å².